The maximum Gasteiger partial charge on any atom is 0.308 e. The zero-order chi connectivity index (χ0) is 24.5. The Morgan fingerprint density at radius 3 is 2.65 bits per heavy atom. The van der Waals surface area contributed by atoms with Gasteiger partial charge in [0.05, 0.1) is 36.1 Å². The van der Waals surface area contributed by atoms with E-state index in [0.29, 0.717) is 18.6 Å². The zero-order valence-electron chi connectivity index (χ0n) is 18.7. The molecule has 0 aliphatic carbocycles. The fourth-order valence-electron chi connectivity index (χ4n) is 4.19. The molecule has 182 valence electrons. The Hall–Kier alpha value is -3.18. The molecule has 3 atom stereocenters. The molecule has 11 heteroatoms. The van der Waals surface area contributed by atoms with Crippen molar-refractivity contribution in [3.63, 3.8) is 0 Å². The standard InChI is InChI=1S/C23H25FN2O7S/c1-26-19-9-6-16(12-22(27)31-2)33-21(19)13-32-20-10-5-15(11-18(20)23(26)28)25-34(29,30)17-7-3-14(24)4-8-17/h3-5,7-8,10-11,16,19,21,25H,6,9,12-13H2,1-2H3/t16-,19-,21+/m1/s1. The first-order chi connectivity index (χ1) is 16.2. The fraction of sp³-hybridized carbons (Fsp3) is 0.391. The molecule has 0 aromatic heterocycles. The first-order valence-corrected chi connectivity index (χ1v) is 12.2. The highest BCUT2D eigenvalue weighted by molar-refractivity contribution is 7.92. The van der Waals surface area contributed by atoms with Gasteiger partial charge in [0, 0.05) is 12.7 Å². The maximum absolute atomic E-state index is 13.3. The SMILES string of the molecule is COC(=O)C[C@H]1CC[C@@H]2[C@H](COc3ccc(NS(=O)(=O)c4ccc(F)cc4)cc3C(=O)N2C)O1. The molecule has 34 heavy (non-hydrogen) atoms. The highest BCUT2D eigenvalue weighted by Gasteiger charge is 2.39. The summed E-state index contributed by atoms with van der Waals surface area (Å²) in [5, 5.41) is 0. The summed E-state index contributed by atoms with van der Waals surface area (Å²) in [6, 6.07) is 8.56. The van der Waals surface area contributed by atoms with Crippen LogP contribution in [0.5, 0.6) is 5.75 Å². The Morgan fingerprint density at radius 1 is 1.21 bits per heavy atom. The molecule has 1 saturated heterocycles. The van der Waals surface area contributed by atoms with Gasteiger partial charge in [0.25, 0.3) is 15.9 Å². The number of hydrogen-bond donors (Lipinski definition) is 1. The Kier molecular flexibility index (Phi) is 6.76. The van der Waals surface area contributed by atoms with Crippen LogP contribution >= 0.6 is 0 Å². The lowest BCUT2D eigenvalue weighted by Crippen LogP contribution is -2.53. The Bertz CT molecular complexity index is 1190. The smallest absolute Gasteiger partial charge is 0.308 e. The largest absolute Gasteiger partial charge is 0.490 e. The van der Waals surface area contributed by atoms with E-state index in [1.54, 1.807) is 11.9 Å². The second-order valence-corrected chi connectivity index (χ2v) is 9.90. The summed E-state index contributed by atoms with van der Waals surface area (Å²) in [4.78, 5) is 26.3. The van der Waals surface area contributed by atoms with Crippen molar-refractivity contribution >= 4 is 27.6 Å². The Morgan fingerprint density at radius 2 is 1.94 bits per heavy atom. The predicted molar refractivity (Wildman–Crippen MR) is 120 cm³/mol. The minimum atomic E-state index is -3.98. The number of halogens is 1. The minimum Gasteiger partial charge on any atom is -0.490 e. The summed E-state index contributed by atoms with van der Waals surface area (Å²) in [5.41, 5.74) is 0.375. The van der Waals surface area contributed by atoms with E-state index in [0.717, 1.165) is 24.3 Å². The normalized spacial score (nSPS) is 22.5. The molecule has 2 aromatic rings. The molecule has 1 amide bonds. The first kappa shape index (κ1) is 24.0. The van der Waals surface area contributed by atoms with E-state index in [2.05, 4.69) is 4.72 Å². The van der Waals surface area contributed by atoms with Crippen LogP contribution in [0.15, 0.2) is 47.4 Å². The average molecular weight is 493 g/mol. The Labute approximate surface area is 196 Å². The van der Waals surface area contributed by atoms with Gasteiger partial charge >= 0.3 is 5.97 Å². The van der Waals surface area contributed by atoms with Gasteiger partial charge in [-0.1, -0.05) is 0 Å². The van der Waals surface area contributed by atoms with E-state index >= 15 is 0 Å². The minimum absolute atomic E-state index is 0.107. The van der Waals surface area contributed by atoms with Crippen molar-refractivity contribution in [2.75, 3.05) is 25.5 Å². The van der Waals surface area contributed by atoms with Gasteiger partial charge in [-0.15, -0.1) is 0 Å². The number of amides is 1. The van der Waals surface area contributed by atoms with Crippen molar-refractivity contribution in [3.05, 3.63) is 53.8 Å². The molecule has 0 radical (unpaired) electrons. The molecule has 0 spiro atoms. The number of rotatable bonds is 5. The number of ether oxygens (including phenoxy) is 3. The van der Waals surface area contributed by atoms with Crippen molar-refractivity contribution in [2.24, 2.45) is 0 Å². The maximum atomic E-state index is 13.3. The molecule has 2 aliphatic heterocycles. The van der Waals surface area contributed by atoms with E-state index in [1.165, 1.54) is 25.3 Å². The summed E-state index contributed by atoms with van der Waals surface area (Å²) in [7, 11) is -0.997. The number of benzene rings is 2. The lowest BCUT2D eigenvalue weighted by molar-refractivity contribution is -0.151. The number of hydrogen-bond acceptors (Lipinski definition) is 7. The van der Waals surface area contributed by atoms with Crippen LogP contribution < -0.4 is 9.46 Å². The summed E-state index contributed by atoms with van der Waals surface area (Å²) >= 11 is 0. The van der Waals surface area contributed by atoms with Crippen molar-refractivity contribution in [3.8, 4) is 5.75 Å². The number of fused-ring (bicyclic) bond motifs is 2. The number of esters is 1. The third kappa shape index (κ3) is 5.00. The number of methoxy groups -OCH3 is 1. The molecule has 1 fully saturated rings. The molecule has 0 bridgehead atoms. The predicted octanol–water partition coefficient (Wildman–Crippen LogP) is 2.57. The number of carbonyl (C=O) groups excluding carboxylic acids is 2. The molecule has 9 nitrogen and oxygen atoms in total. The van der Waals surface area contributed by atoms with E-state index in [9.17, 15) is 22.4 Å². The molecule has 2 heterocycles. The second kappa shape index (κ2) is 9.59. The van der Waals surface area contributed by atoms with Crippen LogP contribution in [0.1, 0.15) is 29.6 Å². The van der Waals surface area contributed by atoms with Crippen LogP contribution in [0.2, 0.25) is 0 Å². The van der Waals surface area contributed by atoms with Gasteiger partial charge < -0.3 is 19.1 Å². The number of nitrogens with zero attached hydrogens (tertiary/aromatic N) is 1. The monoisotopic (exact) mass is 492 g/mol. The van der Waals surface area contributed by atoms with Crippen molar-refractivity contribution in [1.82, 2.24) is 4.90 Å². The second-order valence-electron chi connectivity index (χ2n) is 8.22. The summed E-state index contributed by atoms with van der Waals surface area (Å²) in [6.07, 6.45) is 0.582. The molecule has 2 aromatic carbocycles. The topological polar surface area (TPSA) is 111 Å². The van der Waals surface area contributed by atoms with E-state index in [4.69, 9.17) is 14.2 Å². The number of sulfonamides is 1. The van der Waals surface area contributed by atoms with E-state index in [1.807, 2.05) is 0 Å². The quantitative estimate of drug-likeness (QED) is 0.639. The van der Waals surface area contributed by atoms with Crippen LogP contribution in [0, 0.1) is 5.82 Å². The van der Waals surface area contributed by atoms with E-state index in [-0.39, 0.29) is 53.2 Å². The number of carbonyl (C=O) groups is 2. The molecule has 2 aliphatic rings. The molecular weight excluding hydrogens is 467 g/mol. The molecule has 0 saturated carbocycles. The first-order valence-electron chi connectivity index (χ1n) is 10.7. The number of likely N-dealkylation sites (N-methyl/N-ethyl adjacent to an activating group) is 1. The molecule has 0 unspecified atom stereocenters. The molecule has 4 rings (SSSR count). The van der Waals surface area contributed by atoms with Gasteiger partial charge in [-0.2, -0.15) is 0 Å². The zero-order valence-corrected chi connectivity index (χ0v) is 19.5. The van der Waals surface area contributed by atoms with Crippen molar-refractivity contribution in [2.45, 2.75) is 42.4 Å². The van der Waals surface area contributed by atoms with Crippen LogP contribution in [-0.2, 0) is 24.3 Å². The molecular formula is C23H25FN2O7S. The van der Waals surface area contributed by atoms with Crippen molar-refractivity contribution in [1.29, 1.82) is 0 Å². The van der Waals surface area contributed by atoms with Gasteiger partial charge in [0.15, 0.2) is 0 Å². The van der Waals surface area contributed by atoms with Gasteiger partial charge in [0.2, 0.25) is 0 Å². The van der Waals surface area contributed by atoms with Gasteiger partial charge in [-0.25, -0.2) is 12.8 Å². The van der Waals surface area contributed by atoms with Crippen LogP contribution in [0.3, 0.4) is 0 Å². The third-order valence-corrected chi connectivity index (χ3v) is 7.41. The van der Waals surface area contributed by atoms with E-state index < -0.39 is 21.9 Å². The van der Waals surface area contributed by atoms with Crippen LogP contribution in [0.4, 0.5) is 10.1 Å². The third-order valence-electron chi connectivity index (χ3n) is 6.01. The summed E-state index contributed by atoms with van der Waals surface area (Å²) in [5.74, 6) is -0.964. The molecule has 1 N–H and O–H groups in total. The van der Waals surface area contributed by atoms with Crippen molar-refractivity contribution < 1.29 is 36.6 Å². The fourth-order valence-corrected chi connectivity index (χ4v) is 5.24. The van der Waals surface area contributed by atoms with Gasteiger partial charge in [-0.05, 0) is 55.3 Å². The lowest BCUT2D eigenvalue weighted by atomic mass is 9.94. The highest BCUT2D eigenvalue weighted by atomic mass is 32.2. The van der Waals surface area contributed by atoms with Crippen LogP contribution in [0.25, 0.3) is 0 Å². The average Bonchev–Trinajstić information content (AvgIpc) is 2.81. The number of anilines is 1. The van der Waals surface area contributed by atoms with Crippen LogP contribution in [-0.4, -0.2) is 64.2 Å². The summed E-state index contributed by atoms with van der Waals surface area (Å²) < 4.78 is 57.5. The number of nitrogens with one attached hydrogen (secondary N) is 1. The lowest BCUT2D eigenvalue weighted by Gasteiger charge is -2.42. The van der Waals surface area contributed by atoms with Gasteiger partial charge in [0.1, 0.15) is 24.3 Å². The highest BCUT2D eigenvalue weighted by Crippen LogP contribution is 2.33. The Balaban J connectivity index is 1.55. The van der Waals surface area contributed by atoms with Gasteiger partial charge in [-0.3, -0.25) is 14.3 Å². The summed E-state index contributed by atoms with van der Waals surface area (Å²) in [6.45, 7) is 0.160.